The minimum absolute atomic E-state index is 0.288. The molecule has 2 N–H and O–H groups in total. The Hall–Kier alpha value is -2.50. The van der Waals surface area contributed by atoms with Crippen LogP contribution < -0.4 is 10.6 Å². The largest absolute Gasteiger partial charge is 0.416 e. The number of urea groups is 1. The Kier molecular flexibility index (Phi) is 4.93. The maximum atomic E-state index is 12.5. The summed E-state index contributed by atoms with van der Waals surface area (Å²) < 4.78 is 37.4. The second-order valence-electron chi connectivity index (χ2n) is 5.43. The Labute approximate surface area is 132 Å². The Morgan fingerprint density at radius 3 is 2.13 bits per heavy atom. The fourth-order valence-electron chi connectivity index (χ4n) is 2.01. The molecule has 0 unspecified atom stereocenters. The summed E-state index contributed by atoms with van der Waals surface area (Å²) in [6.07, 6.45) is -4.39. The van der Waals surface area contributed by atoms with Gasteiger partial charge in [-0.05, 0) is 47.9 Å². The zero-order valence-corrected chi connectivity index (χ0v) is 12.7. The van der Waals surface area contributed by atoms with Crippen molar-refractivity contribution in [2.45, 2.75) is 25.9 Å². The van der Waals surface area contributed by atoms with Gasteiger partial charge in [-0.1, -0.05) is 26.0 Å². The van der Waals surface area contributed by atoms with Gasteiger partial charge in [-0.15, -0.1) is 0 Å². The van der Waals surface area contributed by atoms with Crippen molar-refractivity contribution in [3.63, 3.8) is 0 Å². The quantitative estimate of drug-likeness (QED) is 0.772. The van der Waals surface area contributed by atoms with Crippen molar-refractivity contribution in [2.24, 2.45) is 0 Å². The monoisotopic (exact) mass is 322 g/mol. The number of carbonyl (C=O) groups excluding carboxylic acids is 1. The number of amides is 2. The SMILES string of the molecule is CC(C)c1cccc(NC(=O)Nc2ccc(C(F)(F)F)cc2)c1. The molecule has 0 aromatic heterocycles. The van der Waals surface area contributed by atoms with Gasteiger partial charge in [0.1, 0.15) is 0 Å². The van der Waals surface area contributed by atoms with Gasteiger partial charge in [0, 0.05) is 11.4 Å². The second-order valence-corrected chi connectivity index (χ2v) is 5.43. The fourth-order valence-corrected chi connectivity index (χ4v) is 2.01. The molecule has 2 aromatic rings. The number of alkyl halides is 3. The summed E-state index contributed by atoms with van der Waals surface area (Å²) in [7, 11) is 0. The van der Waals surface area contributed by atoms with Crippen molar-refractivity contribution in [1.82, 2.24) is 0 Å². The molecule has 0 saturated heterocycles. The molecule has 6 heteroatoms. The lowest BCUT2D eigenvalue weighted by atomic mass is 10.0. The van der Waals surface area contributed by atoms with Crippen molar-refractivity contribution in [3.05, 3.63) is 59.7 Å². The third-order valence-corrected chi connectivity index (χ3v) is 3.28. The first-order valence-electron chi connectivity index (χ1n) is 7.11. The summed E-state index contributed by atoms with van der Waals surface area (Å²) in [5.74, 6) is 0.328. The molecule has 122 valence electrons. The minimum atomic E-state index is -4.39. The maximum Gasteiger partial charge on any atom is 0.416 e. The van der Waals surface area contributed by atoms with Gasteiger partial charge in [0.15, 0.2) is 0 Å². The van der Waals surface area contributed by atoms with Crippen LogP contribution >= 0.6 is 0 Å². The van der Waals surface area contributed by atoms with Gasteiger partial charge >= 0.3 is 12.2 Å². The molecular formula is C17H17F3N2O. The first kappa shape index (κ1) is 16.9. The number of carbonyl (C=O) groups is 1. The van der Waals surface area contributed by atoms with Crippen LogP contribution in [0.15, 0.2) is 48.5 Å². The third-order valence-electron chi connectivity index (χ3n) is 3.28. The van der Waals surface area contributed by atoms with E-state index in [4.69, 9.17) is 0 Å². The molecule has 0 aliphatic carbocycles. The molecule has 0 saturated carbocycles. The zero-order chi connectivity index (χ0) is 17.0. The van der Waals surface area contributed by atoms with Crippen LogP contribution in [0.1, 0.15) is 30.9 Å². The van der Waals surface area contributed by atoms with Crippen molar-refractivity contribution in [3.8, 4) is 0 Å². The fraction of sp³-hybridized carbons (Fsp3) is 0.235. The van der Waals surface area contributed by atoms with E-state index in [2.05, 4.69) is 10.6 Å². The van der Waals surface area contributed by atoms with E-state index in [1.54, 1.807) is 6.07 Å². The van der Waals surface area contributed by atoms with Crippen LogP contribution in [-0.4, -0.2) is 6.03 Å². The highest BCUT2D eigenvalue weighted by Gasteiger charge is 2.29. The second kappa shape index (κ2) is 6.73. The van der Waals surface area contributed by atoms with E-state index in [0.29, 0.717) is 11.6 Å². The number of benzene rings is 2. The van der Waals surface area contributed by atoms with Crippen LogP contribution in [-0.2, 0) is 6.18 Å². The van der Waals surface area contributed by atoms with Gasteiger partial charge in [0.25, 0.3) is 0 Å². The summed E-state index contributed by atoms with van der Waals surface area (Å²) >= 11 is 0. The first-order chi connectivity index (χ1) is 10.8. The molecule has 0 aliphatic heterocycles. The van der Waals surface area contributed by atoms with E-state index >= 15 is 0 Å². The van der Waals surface area contributed by atoms with Crippen molar-refractivity contribution in [2.75, 3.05) is 10.6 Å². The molecule has 2 aromatic carbocycles. The smallest absolute Gasteiger partial charge is 0.308 e. The summed E-state index contributed by atoms with van der Waals surface area (Å²) in [6.45, 7) is 4.09. The number of hydrogen-bond donors (Lipinski definition) is 2. The van der Waals surface area contributed by atoms with Gasteiger partial charge in [0.2, 0.25) is 0 Å². The van der Waals surface area contributed by atoms with Crippen molar-refractivity contribution >= 4 is 17.4 Å². The van der Waals surface area contributed by atoms with Crippen LogP contribution in [0.3, 0.4) is 0 Å². The first-order valence-corrected chi connectivity index (χ1v) is 7.11. The maximum absolute atomic E-state index is 12.5. The number of nitrogens with one attached hydrogen (secondary N) is 2. The molecule has 23 heavy (non-hydrogen) atoms. The highest BCUT2D eigenvalue weighted by Crippen LogP contribution is 2.29. The molecule has 0 radical (unpaired) electrons. The molecular weight excluding hydrogens is 305 g/mol. The predicted octanol–water partition coefficient (Wildman–Crippen LogP) is 5.47. The van der Waals surface area contributed by atoms with Gasteiger partial charge in [0.05, 0.1) is 5.56 Å². The molecule has 0 spiro atoms. The predicted molar refractivity (Wildman–Crippen MR) is 84.6 cm³/mol. The highest BCUT2D eigenvalue weighted by molar-refractivity contribution is 5.99. The van der Waals surface area contributed by atoms with Gasteiger partial charge in [-0.25, -0.2) is 4.79 Å². The molecule has 0 fully saturated rings. The minimum Gasteiger partial charge on any atom is -0.308 e. The number of anilines is 2. The van der Waals surface area contributed by atoms with Crippen LogP contribution in [0.25, 0.3) is 0 Å². The van der Waals surface area contributed by atoms with E-state index in [-0.39, 0.29) is 5.69 Å². The van der Waals surface area contributed by atoms with Crippen LogP contribution in [0.4, 0.5) is 29.3 Å². The molecule has 2 rings (SSSR count). The average molecular weight is 322 g/mol. The van der Waals surface area contributed by atoms with E-state index < -0.39 is 17.8 Å². The van der Waals surface area contributed by atoms with Crippen molar-refractivity contribution < 1.29 is 18.0 Å². The Morgan fingerprint density at radius 2 is 1.57 bits per heavy atom. The molecule has 0 heterocycles. The van der Waals surface area contributed by atoms with Crippen LogP contribution in [0.2, 0.25) is 0 Å². The molecule has 0 aliphatic rings. The number of hydrogen-bond acceptors (Lipinski definition) is 1. The third kappa shape index (κ3) is 4.74. The summed E-state index contributed by atoms with van der Waals surface area (Å²) in [5, 5.41) is 5.16. The van der Waals surface area contributed by atoms with E-state index in [9.17, 15) is 18.0 Å². The average Bonchev–Trinajstić information content (AvgIpc) is 2.47. The lowest BCUT2D eigenvalue weighted by molar-refractivity contribution is -0.137. The Morgan fingerprint density at radius 1 is 0.957 bits per heavy atom. The van der Waals surface area contributed by atoms with E-state index in [1.807, 2.05) is 32.0 Å². The lowest BCUT2D eigenvalue weighted by Gasteiger charge is -2.11. The summed E-state index contributed by atoms with van der Waals surface area (Å²) in [6, 6.07) is 11.2. The zero-order valence-electron chi connectivity index (χ0n) is 12.7. The highest BCUT2D eigenvalue weighted by atomic mass is 19.4. The lowest BCUT2D eigenvalue weighted by Crippen LogP contribution is -2.19. The molecule has 3 nitrogen and oxygen atoms in total. The molecule has 2 amide bonds. The van der Waals surface area contributed by atoms with Gasteiger partial charge < -0.3 is 10.6 Å². The van der Waals surface area contributed by atoms with Gasteiger partial charge in [-0.2, -0.15) is 13.2 Å². The van der Waals surface area contributed by atoms with E-state index in [1.165, 1.54) is 12.1 Å². The normalized spacial score (nSPS) is 11.4. The van der Waals surface area contributed by atoms with Crippen molar-refractivity contribution in [1.29, 1.82) is 0 Å². The van der Waals surface area contributed by atoms with Crippen LogP contribution in [0.5, 0.6) is 0 Å². The number of rotatable bonds is 3. The summed E-state index contributed by atoms with van der Waals surface area (Å²) in [4.78, 5) is 11.9. The Bertz CT molecular complexity index is 679. The topological polar surface area (TPSA) is 41.1 Å². The van der Waals surface area contributed by atoms with Crippen LogP contribution in [0, 0.1) is 0 Å². The van der Waals surface area contributed by atoms with Gasteiger partial charge in [-0.3, -0.25) is 0 Å². The standard InChI is InChI=1S/C17H17F3N2O/c1-11(2)12-4-3-5-15(10-12)22-16(23)21-14-8-6-13(7-9-14)17(18,19)20/h3-11H,1-2H3,(H2,21,22,23). The molecule has 0 bridgehead atoms. The van der Waals surface area contributed by atoms with E-state index in [0.717, 1.165) is 17.7 Å². The number of halogens is 3. The Balaban J connectivity index is 2.01. The molecule has 0 atom stereocenters. The summed E-state index contributed by atoms with van der Waals surface area (Å²) in [5.41, 5.74) is 1.24.